The van der Waals surface area contributed by atoms with Gasteiger partial charge in [0.15, 0.2) is 0 Å². The van der Waals surface area contributed by atoms with Crippen LogP contribution in [0, 0.1) is 5.82 Å². The third kappa shape index (κ3) is 6.18. The minimum Gasteiger partial charge on any atom is -0.478 e. The second-order valence-corrected chi connectivity index (χ2v) is 8.12. The Bertz CT molecular complexity index is 1380. The molecule has 0 aliphatic heterocycles. The first-order chi connectivity index (χ1) is 17.2. The predicted octanol–water partition coefficient (Wildman–Crippen LogP) is 7.99. The summed E-state index contributed by atoms with van der Waals surface area (Å²) in [5.74, 6) is -1.40. The molecule has 0 atom stereocenters. The molecule has 4 rings (SSSR count). The lowest BCUT2D eigenvalue weighted by Crippen LogP contribution is -2.05. The minimum atomic E-state index is -4.36. The van der Waals surface area contributed by atoms with E-state index in [0.29, 0.717) is 17.7 Å². The maximum atomic E-state index is 13.2. The number of hydrogen-bond acceptors (Lipinski definition) is 2. The van der Waals surface area contributed by atoms with Crippen LogP contribution in [-0.2, 0) is 12.7 Å². The monoisotopic (exact) mass is 491 g/mol. The minimum absolute atomic E-state index is 0.145. The molecule has 0 aromatic heterocycles. The highest BCUT2D eigenvalue weighted by atomic mass is 19.4. The second kappa shape index (κ2) is 10.5. The predicted molar refractivity (Wildman–Crippen MR) is 133 cm³/mol. The molecule has 182 valence electrons. The van der Waals surface area contributed by atoms with E-state index < -0.39 is 17.7 Å². The molecule has 4 aromatic rings. The summed E-state index contributed by atoms with van der Waals surface area (Å²) in [5.41, 5.74) is 3.84. The fraction of sp³-hybridized carbons (Fsp3) is 0.0690. The molecule has 2 N–H and O–H groups in total. The summed E-state index contributed by atoms with van der Waals surface area (Å²) in [6.07, 6.45) is -0.861. The lowest BCUT2D eigenvalue weighted by molar-refractivity contribution is -0.137. The summed E-state index contributed by atoms with van der Waals surface area (Å²) in [6, 6.07) is 23.3. The number of anilines is 1. The molecule has 4 aromatic carbocycles. The highest BCUT2D eigenvalue weighted by Gasteiger charge is 2.29. The summed E-state index contributed by atoms with van der Waals surface area (Å²) >= 11 is 0. The Kier molecular flexibility index (Phi) is 7.20. The maximum absolute atomic E-state index is 13.2. The second-order valence-electron chi connectivity index (χ2n) is 8.12. The normalized spacial score (nSPS) is 11.6. The van der Waals surface area contributed by atoms with Crippen molar-refractivity contribution in [3.05, 3.63) is 125 Å². The number of carboxylic acid groups (broad SMARTS) is 1. The van der Waals surface area contributed by atoms with Crippen molar-refractivity contribution < 1.29 is 27.5 Å². The van der Waals surface area contributed by atoms with E-state index in [0.717, 1.165) is 34.5 Å². The standard InChI is InChI=1S/C29H21F4NO2/c30-25-12-7-21(8-13-25)22-9-16-27(28(35)36)23(17-22)6-1-19-4-14-26(15-5-19)34-18-20-2-10-24(11-3-20)29(31,32)33/h1-17,34H,18H2,(H,35,36)/b6-1-. The van der Waals surface area contributed by atoms with E-state index in [1.807, 2.05) is 24.3 Å². The zero-order chi connectivity index (χ0) is 25.7. The molecular weight excluding hydrogens is 470 g/mol. The maximum Gasteiger partial charge on any atom is 0.416 e. The van der Waals surface area contributed by atoms with E-state index in [-0.39, 0.29) is 11.4 Å². The molecule has 0 aliphatic carbocycles. The van der Waals surface area contributed by atoms with Gasteiger partial charge in [0, 0.05) is 12.2 Å². The van der Waals surface area contributed by atoms with Crippen LogP contribution in [0.1, 0.15) is 32.6 Å². The van der Waals surface area contributed by atoms with Gasteiger partial charge in [-0.2, -0.15) is 13.2 Å². The van der Waals surface area contributed by atoms with Crippen LogP contribution in [0.4, 0.5) is 23.2 Å². The van der Waals surface area contributed by atoms with Gasteiger partial charge < -0.3 is 10.4 Å². The SMILES string of the molecule is O=C(O)c1ccc(-c2ccc(F)cc2)cc1/C=C\c1ccc(NCc2ccc(C(F)(F)F)cc2)cc1. The largest absolute Gasteiger partial charge is 0.478 e. The van der Waals surface area contributed by atoms with Crippen LogP contribution in [0.3, 0.4) is 0 Å². The Morgan fingerprint density at radius 2 is 1.44 bits per heavy atom. The Morgan fingerprint density at radius 3 is 2.06 bits per heavy atom. The zero-order valence-corrected chi connectivity index (χ0v) is 18.9. The Hall–Kier alpha value is -4.39. The van der Waals surface area contributed by atoms with Crippen LogP contribution in [0.15, 0.2) is 91.0 Å². The van der Waals surface area contributed by atoms with Crippen LogP contribution in [0.25, 0.3) is 23.3 Å². The first-order valence-corrected chi connectivity index (χ1v) is 11.0. The fourth-order valence-electron chi connectivity index (χ4n) is 3.63. The average molecular weight is 491 g/mol. The molecule has 0 amide bonds. The number of rotatable bonds is 7. The number of halogens is 4. The van der Waals surface area contributed by atoms with E-state index >= 15 is 0 Å². The summed E-state index contributed by atoms with van der Waals surface area (Å²) in [6.45, 7) is 0.367. The van der Waals surface area contributed by atoms with Crippen LogP contribution in [-0.4, -0.2) is 11.1 Å². The third-order valence-corrected chi connectivity index (χ3v) is 5.60. The molecule has 0 radical (unpaired) electrons. The van der Waals surface area contributed by atoms with Crippen LogP contribution in [0.2, 0.25) is 0 Å². The van der Waals surface area contributed by atoms with Gasteiger partial charge in [-0.25, -0.2) is 9.18 Å². The number of hydrogen-bond donors (Lipinski definition) is 2. The number of carbonyl (C=O) groups is 1. The molecule has 0 heterocycles. The van der Waals surface area contributed by atoms with Crippen LogP contribution < -0.4 is 5.32 Å². The van der Waals surface area contributed by atoms with E-state index in [9.17, 15) is 27.5 Å². The molecule has 0 unspecified atom stereocenters. The van der Waals surface area contributed by atoms with Crippen molar-refractivity contribution in [2.75, 3.05) is 5.32 Å². The number of alkyl halides is 3. The van der Waals surface area contributed by atoms with Crippen molar-refractivity contribution in [2.24, 2.45) is 0 Å². The van der Waals surface area contributed by atoms with Gasteiger partial charge in [-0.05, 0) is 76.3 Å². The van der Waals surface area contributed by atoms with Gasteiger partial charge in [-0.1, -0.05) is 54.6 Å². The molecule has 0 spiro atoms. The number of carboxylic acids is 1. The summed E-state index contributed by atoms with van der Waals surface area (Å²) in [5, 5.41) is 12.7. The molecule has 0 bridgehead atoms. The first-order valence-electron chi connectivity index (χ1n) is 11.0. The fourth-order valence-corrected chi connectivity index (χ4v) is 3.63. The van der Waals surface area contributed by atoms with Crippen molar-refractivity contribution in [3.63, 3.8) is 0 Å². The number of benzene rings is 4. The lowest BCUT2D eigenvalue weighted by Gasteiger charge is -2.09. The average Bonchev–Trinajstić information content (AvgIpc) is 2.87. The molecule has 0 fully saturated rings. The topological polar surface area (TPSA) is 49.3 Å². The van der Waals surface area contributed by atoms with E-state index in [1.54, 1.807) is 36.4 Å². The van der Waals surface area contributed by atoms with Crippen molar-refractivity contribution in [1.82, 2.24) is 0 Å². The summed E-state index contributed by atoms with van der Waals surface area (Å²) in [7, 11) is 0. The molecule has 0 saturated heterocycles. The Balaban J connectivity index is 1.45. The van der Waals surface area contributed by atoms with Gasteiger partial charge in [0.25, 0.3) is 0 Å². The quantitative estimate of drug-likeness (QED) is 0.203. The van der Waals surface area contributed by atoms with Gasteiger partial charge in [-0.15, -0.1) is 0 Å². The Morgan fingerprint density at radius 1 is 0.806 bits per heavy atom. The van der Waals surface area contributed by atoms with Gasteiger partial charge >= 0.3 is 12.1 Å². The Labute approximate surface area is 205 Å². The van der Waals surface area contributed by atoms with E-state index in [2.05, 4.69) is 5.32 Å². The molecule has 0 saturated carbocycles. The summed E-state index contributed by atoms with van der Waals surface area (Å²) in [4.78, 5) is 11.7. The molecule has 36 heavy (non-hydrogen) atoms. The zero-order valence-electron chi connectivity index (χ0n) is 18.9. The smallest absolute Gasteiger partial charge is 0.416 e. The van der Waals surface area contributed by atoms with Gasteiger partial charge in [0.2, 0.25) is 0 Å². The first kappa shape index (κ1) is 24.7. The van der Waals surface area contributed by atoms with Crippen molar-refractivity contribution in [1.29, 1.82) is 0 Å². The summed E-state index contributed by atoms with van der Waals surface area (Å²) < 4.78 is 51.3. The highest BCUT2D eigenvalue weighted by Crippen LogP contribution is 2.29. The lowest BCUT2D eigenvalue weighted by atomic mass is 9.98. The van der Waals surface area contributed by atoms with Crippen molar-refractivity contribution in [3.8, 4) is 11.1 Å². The van der Waals surface area contributed by atoms with E-state index in [1.165, 1.54) is 30.3 Å². The molecule has 0 aliphatic rings. The van der Waals surface area contributed by atoms with Crippen LogP contribution >= 0.6 is 0 Å². The molecule has 3 nitrogen and oxygen atoms in total. The van der Waals surface area contributed by atoms with Gasteiger partial charge in [-0.3, -0.25) is 0 Å². The van der Waals surface area contributed by atoms with Gasteiger partial charge in [0.05, 0.1) is 11.1 Å². The third-order valence-electron chi connectivity index (χ3n) is 5.60. The molecule has 7 heteroatoms. The number of aromatic carboxylic acids is 1. The molecular formula is C29H21F4NO2. The number of nitrogens with one attached hydrogen (secondary N) is 1. The van der Waals surface area contributed by atoms with Gasteiger partial charge in [0.1, 0.15) is 5.82 Å². The van der Waals surface area contributed by atoms with Crippen LogP contribution in [0.5, 0.6) is 0 Å². The van der Waals surface area contributed by atoms with Crippen molar-refractivity contribution >= 4 is 23.8 Å². The van der Waals surface area contributed by atoms with E-state index in [4.69, 9.17) is 0 Å². The van der Waals surface area contributed by atoms with Crippen molar-refractivity contribution in [2.45, 2.75) is 12.7 Å². The highest BCUT2D eigenvalue weighted by molar-refractivity contribution is 5.94.